The van der Waals surface area contributed by atoms with Crippen LogP contribution in [0, 0.1) is 35.5 Å². The van der Waals surface area contributed by atoms with Crippen LogP contribution in [-0.4, -0.2) is 279 Å². The first-order valence-corrected chi connectivity index (χ1v) is 35.3. The first kappa shape index (κ1) is 84.2. The smallest absolute Gasteiger partial charge is 0.270 e. The first-order valence-electron chi connectivity index (χ1n) is 35.3. The molecule has 550 valence electrons. The van der Waals surface area contributed by atoms with Gasteiger partial charge in [-0.3, -0.25) is 62.5 Å². The number of nitrogens with zero attached hydrogens (tertiary/aromatic N) is 8. The van der Waals surface area contributed by atoms with E-state index in [9.17, 15) is 33.6 Å². The van der Waals surface area contributed by atoms with E-state index in [0.29, 0.717) is 26.1 Å². The summed E-state index contributed by atoms with van der Waals surface area (Å²) in [6.45, 7) is 30.7. The highest BCUT2D eigenvalue weighted by atomic mass is 16.7. The van der Waals surface area contributed by atoms with Crippen molar-refractivity contribution in [2.24, 2.45) is 35.5 Å². The minimum absolute atomic E-state index is 0.0599. The van der Waals surface area contributed by atoms with Crippen LogP contribution < -0.4 is 26.6 Å². The van der Waals surface area contributed by atoms with Crippen LogP contribution in [0.25, 0.3) is 0 Å². The Labute approximate surface area is 573 Å². The van der Waals surface area contributed by atoms with Crippen molar-refractivity contribution in [3.8, 4) is 0 Å². The molecule has 3 rings (SSSR count). The maximum Gasteiger partial charge on any atom is 0.270 e. The second-order valence-electron chi connectivity index (χ2n) is 29.0. The van der Waals surface area contributed by atoms with E-state index < -0.39 is 156 Å². The molecule has 96 heavy (non-hydrogen) atoms. The second kappa shape index (κ2) is 40.1. The number of hydrogen-bond acceptors (Lipinski definition) is 16. The van der Waals surface area contributed by atoms with E-state index in [1.165, 1.54) is 85.5 Å². The lowest BCUT2D eigenvalue weighted by Crippen LogP contribution is -2.72. The molecule has 0 radical (unpaired) electrons. The molecule has 3 fully saturated rings. The largest absolute Gasteiger partial charge is 0.379 e. The van der Waals surface area contributed by atoms with Crippen molar-refractivity contribution >= 4 is 65.0 Å². The van der Waals surface area contributed by atoms with Gasteiger partial charge in [0.05, 0.1) is 25.9 Å². The lowest BCUT2D eigenvalue weighted by Gasteiger charge is -2.50. The quantitative estimate of drug-likeness (QED) is 0.0919. The zero-order chi connectivity index (χ0) is 72.7. The topological polar surface area (TPSA) is 302 Å². The molecule has 11 amide bonds. The van der Waals surface area contributed by atoms with Gasteiger partial charge in [0.2, 0.25) is 59.1 Å². The Balaban J connectivity index is 2.27. The minimum Gasteiger partial charge on any atom is -0.379 e. The van der Waals surface area contributed by atoms with Gasteiger partial charge in [-0.25, -0.2) is 5.06 Å². The van der Waals surface area contributed by atoms with E-state index >= 15 is 19.2 Å². The predicted molar refractivity (Wildman–Crippen MR) is 367 cm³/mol. The van der Waals surface area contributed by atoms with Crippen molar-refractivity contribution < 1.29 is 67.1 Å². The van der Waals surface area contributed by atoms with Crippen LogP contribution in [0.4, 0.5) is 0 Å². The molecule has 5 N–H and O–H groups in total. The van der Waals surface area contributed by atoms with Gasteiger partial charge in [0.25, 0.3) is 5.91 Å². The van der Waals surface area contributed by atoms with Crippen LogP contribution in [0.5, 0.6) is 0 Å². The third-order valence-corrected chi connectivity index (χ3v) is 19.1. The number of carbonyl (C=O) groups excluding carboxylic acids is 11. The van der Waals surface area contributed by atoms with Crippen molar-refractivity contribution in [1.29, 1.82) is 0 Å². The summed E-state index contributed by atoms with van der Waals surface area (Å²) >= 11 is 0. The molecule has 0 saturated carbocycles. The van der Waals surface area contributed by atoms with Crippen molar-refractivity contribution in [1.82, 2.24) is 65.9 Å². The average molecular weight is 1360 g/mol. The molecule has 27 heteroatoms. The molecule has 0 aromatic rings. The molecule has 3 heterocycles. The molecule has 0 aliphatic carbocycles. The standard InChI is InChI=1S/C69H125N13O14/c1-23-50-65(89)75(17)48(14)64(88)80(22)57(49(15)95-34-28-27-31-81-32-35-94-36-33-81)62(86)74-55(44(8)9)68(92)77(19)51(37-41(2)3)61(85)72-47(13)60(84)71-40-54(83)76(18)52(38-42(4)5)66(90)78(20)53(39-43(6)7)67(91)79(21)56(45(10)11)69(93)82-58(63(87)73-50)59(96-82)46(12)29-25-24-26-30-70-16/h41-53,55-59,70H,23-40H2,1-22H3,(H,71,84)(H,72,85)(H,73,87)(H,74,86)/t46?,47?,48-,49-,50?,51+,52+,53+,55?,56?,57?,58+,59-/m1/s1. The van der Waals surface area contributed by atoms with Gasteiger partial charge in [-0.05, 0) is 128 Å². The van der Waals surface area contributed by atoms with Gasteiger partial charge in [-0.2, -0.15) is 0 Å². The number of carbonyl (C=O) groups is 11. The Morgan fingerprint density at radius 2 is 1.09 bits per heavy atom. The Kier molecular flexibility index (Phi) is 35.2. The van der Waals surface area contributed by atoms with E-state index in [2.05, 4.69) is 31.5 Å². The molecule has 0 bridgehead atoms. The monoisotopic (exact) mass is 1360 g/mol. The molecule has 3 saturated heterocycles. The SMILES string of the molecule is CCC1NC(=O)[C@@H]2[C@@H](C(C)CCCCCNC)ON2C(=O)C(C(C)C)N(C)C(=O)[C@H](CC(C)C)N(C)C(=O)[C@H](CC(C)C)N(C)C(=O)CNC(=O)C(C)NC(=O)[C@H](CC(C)C)N(C)C(=O)C(C(C)C)NC(=O)C([C@@H](C)OCCCCN2CCOCC2)N(C)C(=O)[C@@H](C)N(C)C1=O. The third kappa shape index (κ3) is 23.6. The predicted octanol–water partition coefficient (Wildman–Crippen LogP) is 2.88. The van der Waals surface area contributed by atoms with Crippen molar-refractivity contribution in [3.63, 3.8) is 0 Å². The van der Waals surface area contributed by atoms with Gasteiger partial charge in [-0.1, -0.05) is 95.9 Å². The molecule has 0 aromatic heterocycles. The van der Waals surface area contributed by atoms with Crippen LogP contribution >= 0.6 is 0 Å². The number of amides is 11. The Morgan fingerprint density at radius 1 is 0.542 bits per heavy atom. The summed E-state index contributed by atoms with van der Waals surface area (Å²) < 4.78 is 11.9. The molecular formula is C69H125N13O14. The highest BCUT2D eigenvalue weighted by Crippen LogP contribution is 2.34. The maximum atomic E-state index is 15.3. The fraction of sp³-hybridized carbons (Fsp3) is 0.841. The van der Waals surface area contributed by atoms with Crippen molar-refractivity contribution in [3.05, 3.63) is 0 Å². The number of nitrogens with one attached hydrogen (secondary N) is 5. The van der Waals surface area contributed by atoms with E-state index in [4.69, 9.17) is 14.3 Å². The number of morpholine rings is 1. The fourth-order valence-electron chi connectivity index (χ4n) is 12.8. The minimum atomic E-state index is -1.38. The molecule has 0 aromatic carbocycles. The molecule has 3 aliphatic heterocycles. The summed E-state index contributed by atoms with van der Waals surface area (Å²) in [5.74, 6) is -9.09. The lowest BCUT2D eigenvalue weighted by atomic mass is 9.88. The molecule has 13 atom stereocenters. The van der Waals surface area contributed by atoms with Crippen LogP contribution in [0.3, 0.4) is 0 Å². The van der Waals surface area contributed by atoms with E-state index in [1.807, 2.05) is 55.5 Å². The maximum absolute atomic E-state index is 15.3. The third-order valence-electron chi connectivity index (χ3n) is 19.1. The molecular weight excluding hydrogens is 1230 g/mol. The summed E-state index contributed by atoms with van der Waals surface area (Å²) in [5, 5.41) is 15.3. The number of fused-ring (bicyclic) bond motifs is 1. The van der Waals surface area contributed by atoms with Crippen LogP contribution in [0.2, 0.25) is 0 Å². The molecule has 27 nitrogen and oxygen atoms in total. The number of unbranched alkanes of at least 4 members (excludes halogenated alkanes) is 3. The molecule has 6 unspecified atom stereocenters. The van der Waals surface area contributed by atoms with Crippen LogP contribution in [0.15, 0.2) is 0 Å². The van der Waals surface area contributed by atoms with Gasteiger partial charge in [0, 0.05) is 62.0 Å². The normalized spacial score (nSPS) is 27.4. The summed E-state index contributed by atoms with van der Waals surface area (Å²) in [7, 11) is 10.6. The van der Waals surface area contributed by atoms with Crippen LogP contribution in [-0.2, 0) is 67.1 Å². The number of hydrogen-bond donors (Lipinski definition) is 5. The zero-order valence-electron chi connectivity index (χ0n) is 62.4. The van der Waals surface area contributed by atoms with Crippen molar-refractivity contribution in [2.75, 3.05) is 102 Å². The highest BCUT2D eigenvalue weighted by molar-refractivity contribution is 6.00. The number of ether oxygens (including phenoxy) is 2. The van der Waals surface area contributed by atoms with E-state index in [0.717, 1.165) is 56.9 Å². The van der Waals surface area contributed by atoms with Gasteiger partial charge in [0.1, 0.15) is 60.5 Å². The Morgan fingerprint density at radius 3 is 1.65 bits per heavy atom. The van der Waals surface area contributed by atoms with E-state index in [1.54, 1.807) is 41.5 Å². The molecule has 0 spiro atoms. The zero-order valence-corrected chi connectivity index (χ0v) is 62.4. The first-order chi connectivity index (χ1) is 45.0. The number of hydroxylamine groups is 2. The van der Waals surface area contributed by atoms with Crippen molar-refractivity contribution in [2.45, 2.75) is 241 Å². The average Bonchev–Trinajstić information content (AvgIpc) is 0.755. The van der Waals surface area contributed by atoms with Gasteiger partial charge >= 0.3 is 0 Å². The van der Waals surface area contributed by atoms with Gasteiger partial charge in [-0.15, -0.1) is 0 Å². The summed E-state index contributed by atoms with van der Waals surface area (Å²) in [6.07, 6.45) is 3.42. The Hall–Kier alpha value is -6.03. The fourth-order valence-corrected chi connectivity index (χ4v) is 12.8. The Bertz CT molecular complexity index is 2570. The molecule has 3 aliphatic rings. The van der Waals surface area contributed by atoms with E-state index in [-0.39, 0.29) is 56.0 Å². The summed E-state index contributed by atoms with van der Waals surface area (Å²) in [6, 6.07) is -12.2. The highest BCUT2D eigenvalue weighted by Gasteiger charge is 2.55. The number of rotatable bonds is 23. The second-order valence-corrected chi connectivity index (χ2v) is 29.0. The number of likely N-dealkylation sites (N-methyl/N-ethyl adjacent to an activating group) is 6. The van der Waals surface area contributed by atoms with Gasteiger partial charge < -0.3 is 65.5 Å². The summed E-state index contributed by atoms with van der Waals surface area (Å²) in [5.41, 5.74) is 0. The summed E-state index contributed by atoms with van der Waals surface area (Å²) in [4.78, 5) is 179. The lowest BCUT2D eigenvalue weighted by molar-refractivity contribution is -0.322. The van der Waals surface area contributed by atoms with Gasteiger partial charge in [0.15, 0.2) is 6.04 Å². The van der Waals surface area contributed by atoms with Crippen LogP contribution in [0.1, 0.15) is 168 Å².